The van der Waals surface area contributed by atoms with Crippen LogP contribution in [-0.2, 0) is 4.79 Å². The van der Waals surface area contributed by atoms with Gasteiger partial charge in [-0.05, 0) is 31.0 Å². The average molecular weight is 365 g/mol. The van der Waals surface area contributed by atoms with Crippen LogP contribution in [0.1, 0.15) is 34.3 Å². The third-order valence-electron chi connectivity index (χ3n) is 4.11. The molecule has 1 heterocycles. The fourth-order valence-corrected chi connectivity index (χ4v) is 3.05. The molecule has 0 fully saturated rings. The molecule has 0 saturated heterocycles. The summed E-state index contributed by atoms with van der Waals surface area (Å²) >= 11 is 1.13. The number of amides is 1. The summed E-state index contributed by atoms with van der Waals surface area (Å²) in [5.41, 5.74) is 3.75. The number of nitrogens with one attached hydrogen (secondary N) is 1. The summed E-state index contributed by atoms with van der Waals surface area (Å²) in [6, 6.07) is 15.2. The number of Topliss-reactive ketones (excluding diaryl/α,β-unsaturated/α-hetero) is 1. The minimum Gasteiger partial charge on any atom is -0.301 e. The summed E-state index contributed by atoms with van der Waals surface area (Å²) in [5.74, 6) is 0.306. The summed E-state index contributed by atoms with van der Waals surface area (Å²) in [6.07, 6.45) is 0.282. The Morgan fingerprint density at radius 2 is 1.77 bits per heavy atom. The van der Waals surface area contributed by atoms with E-state index in [1.807, 2.05) is 56.3 Å². The molecule has 0 saturated carbocycles. The van der Waals surface area contributed by atoms with Crippen molar-refractivity contribution in [3.05, 3.63) is 65.2 Å². The van der Waals surface area contributed by atoms with E-state index in [1.165, 1.54) is 0 Å². The highest BCUT2D eigenvalue weighted by molar-refractivity contribution is 7.10. The molecule has 1 amide bonds. The number of nitrogens with zero attached hydrogens (tertiary/aromatic N) is 2. The number of ketones is 1. The maximum absolute atomic E-state index is 12.2. The van der Waals surface area contributed by atoms with Crippen molar-refractivity contribution in [3.8, 4) is 11.4 Å². The summed E-state index contributed by atoms with van der Waals surface area (Å²) in [4.78, 5) is 28.7. The summed E-state index contributed by atoms with van der Waals surface area (Å²) < 4.78 is 4.25. The van der Waals surface area contributed by atoms with E-state index in [9.17, 15) is 9.59 Å². The van der Waals surface area contributed by atoms with E-state index in [4.69, 9.17) is 0 Å². The van der Waals surface area contributed by atoms with Crippen molar-refractivity contribution in [1.82, 2.24) is 9.36 Å². The van der Waals surface area contributed by atoms with Crippen LogP contribution < -0.4 is 5.32 Å². The Bertz CT molecular complexity index is 935. The molecule has 3 rings (SSSR count). The Kier molecular flexibility index (Phi) is 5.53. The van der Waals surface area contributed by atoms with Gasteiger partial charge >= 0.3 is 0 Å². The minimum absolute atomic E-state index is 0.0366. The molecule has 0 aliphatic rings. The molecule has 26 heavy (non-hydrogen) atoms. The number of carbonyl (C=O) groups excluding carboxylic acids is 2. The number of anilines is 1. The Morgan fingerprint density at radius 3 is 2.50 bits per heavy atom. The number of aryl methyl sites for hydroxylation is 2. The summed E-state index contributed by atoms with van der Waals surface area (Å²) in [7, 11) is 0. The molecule has 5 nitrogen and oxygen atoms in total. The zero-order valence-corrected chi connectivity index (χ0v) is 15.5. The van der Waals surface area contributed by atoms with E-state index in [1.54, 1.807) is 6.07 Å². The standard InChI is InChI=1S/C20H19N3O2S/c1-13-8-9-16(12-14(13)2)17(24)10-11-18(25)21-20-22-19(23-26-20)15-6-4-3-5-7-15/h3-9,12H,10-11H2,1-2H3,(H,21,22,23,25). The van der Waals surface area contributed by atoms with Gasteiger partial charge in [0.15, 0.2) is 11.6 Å². The number of aromatic nitrogens is 2. The predicted octanol–water partition coefficient (Wildman–Crippen LogP) is 4.42. The van der Waals surface area contributed by atoms with Gasteiger partial charge < -0.3 is 5.32 Å². The Labute approximate surface area is 156 Å². The first-order valence-electron chi connectivity index (χ1n) is 8.32. The summed E-state index contributed by atoms with van der Waals surface area (Å²) in [5, 5.41) is 3.15. The first-order chi connectivity index (χ1) is 12.5. The molecule has 3 aromatic rings. The maximum atomic E-state index is 12.2. The van der Waals surface area contributed by atoms with Gasteiger partial charge in [0.25, 0.3) is 0 Å². The highest BCUT2D eigenvalue weighted by atomic mass is 32.1. The van der Waals surface area contributed by atoms with Crippen LogP contribution in [0.3, 0.4) is 0 Å². The highest BCUT2D eigenvalue weighted by Gasteiger charge is 2.13. The van der Waals surface area contributed by atoms with E-state index in [2.05, 4.69) is 14.7 Å². The molecule has 0 spiro atoms. The lowest BCUT2D eigenvalue weighted by molar-refractivity contribution is -0.116. The van der Waals surface area contributed by atoms with E-state index in [0.29, 0.717) is 16.5 Å². The lowest BCUT2D eigenvalue weighted by Crippen LogP contribution is -2.13. The fraction of sp³-hybridized carbons (Fsp3) is 0.200. The van der Waals surface area contributed by atoms with E-state index in [0.717, 1.165) is 28.2 Å². The molecule has 132 valence electrons. The van der Waals surface area contributed by atoms with Crippen LogP contribution in [0.2, 0.25) is 0 Å². The number of hydrogen-bond donors (Lipinski definition) is 1. The number of benzene rings is 2. The average Bonchev–Trinajstić information content (AvgIpc) is 3.11. The Balaban J connectivity index is 1.55. The molecule has 0 aliphatic carbocycles. The van der Waals surface area contributed by atoms with Crippen molar-refractivity contribution in [1.29, 1.82) is 0 Å². The van der Waals surface area contributed by atoms with Gasteiger partial charge in [0.2, 0.25) is 11.0 Å². The number of rotatable bonds is 6. The topological polar surface area (TPSA) is 72.0 Å². The molecule has 0 unspecified atom stereocenters. The zero-order chi connectivity index (χ0) is 18.5. The van der Waals surface area contributed by atoms with Gasteiger partial charge in [-0.3, -0.25) is 9.59 Å². The molecule has 0 atom stereocenters. The molecule has 0 bridgehead atoms. The molecule has 1 aromatic heterocycles. The second-order valence-electron chi connectivity index (χ2n) is 6.06. The van der Waals surface area contributed by atoms with Gasteiger partial charge in [0, 0.05) is 35.5 Å². The van der Waals surface area contributed by atoms with Gasteiger partial charge in [-0.25, -0.2) is 0 Å². The molecular weight excluding hydrogens is 346 g/mol. The minimum atomic E-state index is -0.238. The lowest BCUT2D eigenvalue weighted by atomic mass is 10.0. The van der Waals surface area contributed by atoms with Gasteiger partial charge in [0.1, 0.15) is 0 Å². The van der Waals surface area contributed by atoms with Crippen molar-refractivity contribution in [3.63, 3.8) is 0 Å². The second kappa shape index (κ2) is 8.01. The number of carbonyl (C=O) groups is 2. The van der Waals surface area contributed by atoms with Gasteiger partial charge in [0.05, 0.1) is 0 Å². The smallest absolute Gasteiger partial charge is 0.226 e. The predicted molar refractivity (Wildman–Crippen MR) is 103 cm³/mol. The van der Waals surface area contributed by atoms with Crippen LogP contribution in [0.25, 0.3) is 11.4 Å². The van der Waals surface area contributed by atoms with Gasteiger partial charge in [-0.15, -0.1) is 0 Å². The monoisotopic (exact) mass is 365 g/mol. The third kappa shape index (κ3) is 4.40. The van der Waals surface area contributed by atoms with Crippen molar-refractivity contribution in [2.75, 3.05) is 5.32 Å². The molecule has 0 radical (unpaired) electrons. The Hall–Kier alpha value is -2.86. The quantitative estimate of drug-likeness (QED) is 0.656. The normalized spacial score (nSPS) is 10.5. The van der Waals surface area contributed by atoms with Crippen molar-refractivity contribution < 1.29 is 9.59 Å². The first kappa shape index (κ1) is 17.9. The van der Waals surface area contributed by atoms with Crippen molar-refractivity contribution >= 4 is 28.4 Å². The van der Waals surface area contributed by atoms with E-state index in [-0.39, 0.29) is 24.5 Å². The van der Waals surface area contributed by atoms with E-state index >= 15 is 0 Å². The van der Waals surface area contributed by atoms with Crippen LogP contribution in [0, 0.1) is 13.8 Å². The van der Waals surface area contributed by atoms with Crippen LogP contribution in [0.5, 0.6) is 0 Å². The van der Waals surface area contributed by atoms with E-state index < -0.39 is 0 Å². The van der Waals surface area contributed by atoms with Crippen molar-refractivity contribution in [2.24, 2.45) is 0 Å². The largest absolute Gasteiger partial charge is 0.301 e. The van der Waals surface area contributed by atoms with Crippen molar-refractivity contribution in [2.45, 2.75) is 26.7 Å². The van der Waals surface area contributed by atoms with Crippen LogP contribution >= 0.6 is 11.5 Å². The van der Waals surface area contributed by atoms with Gasteiger partial charge in [-0.1, -0.05) is 42.5 Å². The molecular formula is C20H19N3O2S. The third-order valence-corrected chi connectivity index (χ3v) is 4.74. The first-order valence-corrected chi connectivity index (χ1v) is 9.09. The van der Waals surface area contributed by atoms with Gasteiger partial charge in [-0.2, -0.15) is 9.36 Å². The molecule has 6 heteroatoms. The van der Waals surface area contributed by atoms with Crippen LogP contribution in [-0.4, -0.2) is 21.0 Å². The molecule has 0 aliphatic heterocycles. The maximum Gasteiger partial charge on any atom is 0.226 e. The Morgan fingerprint density at radius 1 is 1.00 bits per heavy atom. The molecule has 1 N–H and O–H groups in total. The second-order valence-corrected chi connectivity index (χ2v) is 6.81. The lowest BCUT2D eigenvalue weighted by Gasteiger charge is -2.05. The zero-order valence-electron chi connectivity index (χ0n) is 14.7. The number of hydrogen-bond acceptors (Lipinski definition) is 5. The highest BCUT2D eigenvalue weighted by Crippen LogP contribution is 2.21. The van der Waals surface area contributed by atoms with Crippen LogP contribution in [0.4, 0.5) is 5.13 Å². The molecule has 2 aromatic carbocycles. The van der Waals surface area contributed by atoms with Crippen LogP contribution in [0.15, 0.2) is 48.5 Å². The summed E-state index contributed by atoms with van der Waals surface area (Å²) in [6.45, 7) is 3.97. The fourth-order valence-electron chi connectivity index (χ4n) is 2.45. The SMILES string of the molecule is Cc1ccc(C(=O)CCC(=O)Nc2nc(-c3ccccc3)ns2)cc1C.